The molecule has 0 amide bonds. The quantitative estimate of drug-likeness (QED) is 0.870. The maximum absolute atomic E-state index is 13.3. The fourth-order valence-electron chi connectivity index (χ4n) is 1.31. The smallest absolute Gasteiger partial charge is 0.250 e. The van der Waals surface area contributed by atoms with Crippen LogP contribution in [0.1, 0.15) is 5.69 Å². The highest BCUT2D eigenvalue weighted by molar-refractivity contribution is 9.10. The summed E-state index contributed by atoms with van der Waals surface area (Å²) in [5.74, 6) is -0.454. The zero-order valence-electron chi connectivity index (χ0n) is 8.94. The number of hydrogen-bond acceptors (Lipinski definition) is 3. The molecule has 88 valence electrons. The van der Waals surface area contributed by atoms with E-state index in [2.05, 4.69) is 25.9 Å². The molecular weight excluding hydrogens is 287 g/mol. The van der Waals surface area contributed by atoms with Gasteiger partial charge in [0.25, 0.3) is 0 Å². The predicted octanol–water partition coefficient (Wildman–Crippen LogP) is 3.00. The van der Waals surface area contributed by atoms with Gasteiger partial charge in [-0.1, -0.05) is 6.07 Å². The van der Waals surface area contributed by atoms with Crippen LogP contribution in [0.25, 0.3) is 0 Å². The number of pyridine rings is 2. The summed E-state index contributed by atoms with van der Waals surface area (Å²) >= 11 is 3.13. The van der Waals surface area contributed by atoms with Gasteiger partial charge in [0.1, 0.15) is 0 Å². The third-order valence-electron chi connectivity index (χ3n) is 2.10. The molecule has 17 heavy (non-hydrogen) atoms. The molecule has 0 atom stereocenters. The van der Waals surface area contributed by atoms with Crippen LogP contribution in [-0.2, 0) is 6.42 Å². The maximum Gasteiger partial charge on any atom is 0.250 e. The van der Waals surface area contributed by atoms with E-state index in [9.17, 15) is 4.39 Å². The number of rotatable bonds is 4. The largest absolute Gasteiger partial charge is 0.475 e. The fraction of sp³-hybridized carbons (Fsp3) is 0.167. The van der Waals surface area contributed by atoms with Gasteiger partial charge in [-0.15, -0.1) is 0 Å². The molecule has 0 aromatic carbocycles. The molecule has 0 aliphatic heterocycles. The number of ether oxygens (including phenoxy) is 1. The molecule has 0 spiro atoms. The third-order valence-corrected chi connectivity index (χ3v) is 2.53. The number of nitrogens with zero attached hydrogens (tertiary/aromatic N) is 2. The van der Waals surface area contributed by atoms with Crippen LogP contribution in [0, 0.1) is 5.82 Å². The van der Waals surface area contributed by atoms with Crippen LogP contribution in [0.3, 0.4) is 0 Å². The topological polar surface area (TPSA) is 35.0 Å². The first kappa shape index (κ1) is 12.0. The minimum atomic E-state index is -0.472. The maximum atomic E-state index is 13.3. The van der Waals surface area contributed by atoms with Crippen LogP contribution in [-0.4, -0.2) is 16.6 Å². The lowest BCUT2D eigenvalue weighted by molar-refractivity contribution is 0.291. The monoisotopic (exact) mass is 296 g/mol. The molecule has 0 saturated heterocycles. The Balaban J connectivity index is 1.90. The molecule has 0 radical (unpaired) electrons. The second-order valence-corrected chi connectivity index (χ2v) is 4.28. The van der Waals surface area contributed by atoms with Crippen molar-refractivity contribution in [1.82, 2.24) is 9.97 Å². The van der Waals surface area contributed by atoms with Gasteiger partial charge in [-0.3, -0.25) is 4.98 Å². The summed E-state index contributed by atoms with van der Waals surface area (Å²) in [5, 5.41) is 0. The van der Waals surface area contributed by atoms with Crippen molar-refractivity contribution < 1.29 is 9.13 Å². The van der Waals surface area contributed by atoms with Crippen molar-refractivity contribution in [3.63, 3.8) is 0 Å². The van der Waals surface area contributed by atoms with E-state index in [1.807, 2.05) is 18.2 Å². The van der Waals surface area contributed by atoms with Crippen LogP contribution in [0.15, 0.2) is 41.1 Å². The standard InChI is InChI=1S/C12H10BrFN2O/c13-9-7-11(14)12(16-8-9)17-6-4-10-3-1-2-5-15-10/h1-3,5,7-8H,4,6H2. The van der Waals surface area contributed by atoms with Crippen molar-refractivity contribution >= 4 is 15.9 Å². The Morgan fingerprint density at radius 1 is 1.29 bits per heavy atom. The van der Waals surface area contributed by atoms with Gasteiger partial charge in [0.2, 0.25) is 5.88 Å². The summed E-state index contributed by atoms with van der Waals surface area (Å²) in [7, 11) is 0. The van der Waals surface area contributed by atoms with Crippen molar-refractivity contribution in [2.75, 3.05) is 6.61 Å². The Bertz CT molecular complexity index is 493. The zero-order valence-corrected chi connectivity index (χ0v) is 10.5. The van der Waals surface area contributed by atoms with Gasteiger partial charge in [0.15, 0.2) is 5.82 Å². The molecule has 0 unspecified atom stereocenters. The van der Waals surface area contributed by atoms with Crippen molar-refractivity contribution in [3.8, 4) is 5.88 Å². The molecule has 2 rings (SSSR count). The molecule has 0 N–H and O–H groups in total. The van der Waals surface area contributed by atoms with Crippen LogP contribution in [0.5, 0.6) is 5.88 Å². The van der Waals surface area contributed by atoms with Gasteiger partial charge in [-0.25, -0.2) is 9.37 Å². The molecular formula is C12H10BrFN2O. The van der Waals surface area contributed by atoms with Crippen LogP contribution >= 0.6 is 15.9 Å². The molecule has 2 heterocycles. The third kappa shape index (κ3) is 3.49. The normalized spacial score (nSPS) is 10.2. The molecule has 3 nitrogen and oxygen atoms in total. The van der Waals surface area contributed by atoms with E-state index in [1.165, 1.54) is 12.3 Å². The fourth-order valence-corrected chi connectivity index (χ4v) is 1.61. The lowest BCUT2D eigenvalue weighted by Crippen LogP contribution is -2.05. The molecule has 0 aliphatic carbocycles. The Labute approximate surface area is 107 Å². The predicted molar refractivity (Wildman–Crippen MR) is 65.3 cm³/mol. The molecule has 0 saturated carbocycles. The van der Waals surface area contributed by atoms with Crippen molar-refractivity contribution in [1.29, 1.82) is 0 Å². The Morgan fingerprint density at radius 3 is 2.88 bits per heavy atom. The van der Waals surface area contributed by atoms with E-state index >= 15 is 0 Å². The lowest BCUT2D eigenvalue weighted by Gasteiger charge is -2.05. The van der Waals surface area contributed by atoms with E-state index in [-0.39, 0.29) is 5.88 Å². The number of halogens is 2. The minimum absolute atomic E-state index is 0.0177. The summed E-state index contributed by atoms with van der Waals surface area (Å²) in [5.41, 5.74) is 0.907. The molecule has 5 heteroatoms. The molecule has 0 fully saturated rings. The average molecular weight is 297 g/mol. The Morgan fingerprint density at radius 2 is 2.18 bits per heavy atom. The van der Waals surface area contributed by atoms with Gasteiger partial charge in [-0.2, -0.15) is 0 Å². The summed E-state index contributed by atoms with van der Waals surface area (Å²) < 4.78 is 19.2. The number of aromatic nitrogens is 2. The Kier molecular flexibility index (Phi) is 4.03. The van der Waals surface area contributed by atoms with Gasteiger partial charge in [0, 0.05) is 29.0 Å². The minimum Gasteiger partial charge on any atom is -0.475 e. The van der Waals surface area contributed by atoms with E-state index in [4.69, 9.17) is 4.74 Å². The van der Waals surface area contributed by atoms with E-state index in [1.54, 1.807) is 6.20 Å². The lowest BCUT2D eigenvalue weighted by atomic mass is 10.3. The van der Waals surface area contributed by atoms with Crippen LogP contribution < -0.4 is 4.74 Å². The second kappa shape index (κ2) is 5.72. The highest BCUT2D eigenvalue weighted by atomic mass is 79.9. The van der Waals surface area contributed by atoms with Crippen molar-refractivity contribution in [3.05, 3.63) is 52.6 Å². The highest BCUT2D eigenvalue weighted by Crippen LogP contribution is 2.17. The molecule has 0 bridgehead atoms. The highest BCUT2D eigenvalue weighted by Gasteiger charge is 2.05. The molecule has 0 aliphatic rings. The summed E-state index contributed by atoms with van der Waals surface area (Å²) in [6, 6.07) is 6.97. The van der Waals surface area contributed by atoms with Crippen molar-refractivity contribution in [2.45, 2.75) is 6.42 Å². The zero-order chi connectivity index (χ0) is 12.1. The summed E-state index contributed by atoms with van der Waals surface area (Å²) in [4.78, 5) is 7.99. The van der Waals surface area contributed by atoms with E-state index in [0.717, 1.165) is 5.69 Å². The average Bonchev–Trinajstić information content (AvgIpc) is 2.33. The molecule has 2 aromatic heterocycles. The summed E-state index contributed by atoms with van der Waals surface area (Å²) in [6.45, 7) is 0.350. The van der Waals surface area contributed by atoms with Crippen molar-refractivity contribution in [2.24, 2.45) is 0 Å². The first-order valence-electron chi connectivity index (χ1n) is 5.09. The first-order chi connectivity index (χ1) is 8.25. The number of hydrogen-bond donors (Lipinski definition) is 0. The van der Waals surface area contributed by atoms with Gasteiger partial charge in [-0.05, 0) is 34.1 Å². The van der Waals surface area contributed by atoms with Gasteiger partial charge in [0.05, 0.1) is 6.61 Å². The van der Waals surface area contributed by atoms with Crippen LogP contribution in [0.4, 0.5) is 4.39 Å². The van der Waals surface area contributed by atoms with Gasteiger partial charge < -0.3 is 4.74 Å². The van der Waals surface area contributed by atoms with E-state index in [0.29, 0.717) is 17.5 Å². The second-order valence-electron chi connectivity index (χ2n) is 3.36. The van der Waals surface area contributed by atoms with Gasteiger partial charge >= 0.3 is 0 Å². The SMILES string of the molecule is Fc1cc(Br)cnc1OCCc1ccccn1. The first-order valence-corrected chi connectivity index (χ1v) is 5.89. The Hall–Kier alpha value is -1.49. The van der Waals surface area contributed by atoms with E-state index < -0.39 is 5.82 Å². The van der Waals surface area contributed by atoms with Crippen LogP contribution in [0.2, 0.25) is 0 Å². The summed E-state index contributed by atoms with van der Waals surface area (Å²) in [6.07, 6.45) is 3.84. The molecule has 2 aromatic rings.